The van der Waals surface area contributed by atoms with Crippen molar-refractivity contribution in [2.45, 2.75) is 37.6 Å². The highest BCUT2D eigenvalue weighted by Gasteiger charge is 2.40. The van der Waals surface area contributed by atoms with Crippen molar-refractivity contribution in [1.29, 1.82) is 0 Å². The summed E-state index contributed by atoms with van der Waals surface area (Å²) >= 11 is 0. The molecule has 1 aliphatic carbocycles. The van der Waals surface area contributed by atoms with Crippen LogP contribution in [0.25, 0.3) is 0 Å². The molecule has 0 atom stereocenters. The monoisotopic (exact) mass is 345 g/mol. The lowest BCUT2D eigenvalue weighted by Gasteiger charge is -2.38. The minimum absolute atomic E-state index is 0.0601. The minimum Gasteiger partial charge on any atom is -0.497 e. The molecule has 1 saturated carbocycles. The first-order chi connectivity index (χ1) is 12.0. The molecule has 1 heterocycles. The van der Waals surface area contributed by atoms with E-state index in [9.17, 15) is 9.59 Å². The van der Waals surface area contributed by atoms with Gasteiger partial charge in [0, 0.05) is 26.2 Å². The van der Waals surface area contributed by atoms with E-state index in [1.165, 1.54) is 0 Å². The summed E-state index contributed by atoms with van der Waals surface area (Å²) in [5.41, 5.74) is 6.54. The van der Waals surface area contributed by atoms with Gasteiger partial charge in [-0.3, -0.25) is 9.59 Å². The van der Waals surface area contributed by atoms with E-state index in [1.807, 2.05) is 34.1 Å². The second-order valence-corrected chi connectivity index (χ2v) is 7.06. The average Bonchev–Trinajstić information content (AvgIpc) is 3.09. The van der Waals surface area contributed by atoms with Crippen molar-refractivity contribution in [3.05, 3.63) is 29.8 Å². The van der Waals surface area contributed by atoms with Gasteiger partial charge in [-0.05, 0) is 30.5 Å². The SMILES string of the molecule is COc1cccc(CC(=O)N2CCN(C(=O)C3(N)CCCC3)CC2)c1. The van der Waals surface area contributed by atoms with Crippen LogP contribution in [0, 0.1) is 0 Å². The number of piperazine rings is 1. The molecule has 0 radical (unpaired) electrons. The molecule has 2 N–H and O–H groups in total. The minimum atomic E-state index is -0.674. The highest BCUT2D eigenvalue weighted by Crippen LogP contribution is 2.29. The largest absolute Gasteiger partial charge is 0.497 e. The zero-order chi connectivity index (χ0) is 17.9. The number of hydrogen-bond donors (Lipinski definition) is 1. The van der Waals surface area contributed by atoms with Crippen molar-refractivity contribution in [2.24, 2.45) is 5.73 Å². The number of carbonyl (C=O) groups excluding carboxylic acids is 2. The van der Waals surface area contributed by atoms with E-state index >= 15 is 0 Å². The van der Waals surface area contributed by atoms with Gasteiger partial charge in [0.15, 0.2) is 0 Å². The third-order valence-electron chi connectivity index (χ3n) is 5.33. The van der Waals surface area contributed by atoms with Crippen LogP contribution in [0.2, 0.25) is 0 Å². The van der Waals surface area contributed by atoms with E-state index in [0.717, 1.165) is 37.0 Å². The molecule has 136 valence electrons. The fraction of sp³-hybridized carbons (Fsp3) is 0.579. The Labute approximate surface area is 148 Å². The second-order valence-electron chi connectivity index (χ2n) is 7.06. The summed E-state index contributed by atoms with van der Waals surface area (Å²) in [6, 6.07) is 7.57. The average molecular weight is 345 g/mol. The van der Waals surface area contributed by atoms with E-state index in [4.69, 9.17) is 10.5 Å². The third-order valence-corrected chi connectivity index (χ3v) is 5.33. The van der Waals surface area contributed by atoms with Gasteiger partial charge in [0.25, 0.3) is 0 Å². The van der Waals surface area contributed by atoms with Crippen LogP contribution in [0.3, 0.4) is 0 Å². The molecule has 0 aromatic heterocycles. The molecule has 1 aliphatic heterocycles. The Morgan fingerprint density at radius 1 is 1.12 bits per heavy atom. The van der Waals surface area contributed by atoms with E-state index in [0.29, 0.717) is 32.6 Å². The number of hydrogen-bond acceptors (Lipinski definition) is 4. The van der Waals surface area contributed by atoms with Crippen LogP contribution in [-0.2, 0) is 16.0 Å². The van der Waals surface area contributed by atoms with Crippen molar-refractivity contribution in [2.75, 3.05) is 33.3 Å². The topological polar surface area (TPSA) is 75.9 Å². The van der Waals surface area contributed by atoms with E-state index < -0.39 is 5.54 Å². The quantitative estimate of drug-likeness (QED) is 0.889. The van der Waals surface area contributed by atoms with E-state index in [2.05, 4.69) is 0 Å². The molecule has 3 rings (SSSR count). The Hall–Kier alpha value is -2.08. The maximum atomic E-state index is 12.6. The Morgan fingerprint density at radius 2 is 1.76 bits per heavy atom. The number of rotatable bonds is 4. The van der Waals surface area contributed by atoms with Crippen LogP contribution in [0.4, 0.5) is 0 Å². The van der Waals surface area contributed by atoms with Gasteiger partial charge in [-0.25, -0.2) is 0 Å². The molecule has 0 bridgehead atoms. The van der Waals surface area contributed by atoms with Gasteiger partial charge >= 0.3 is 0 Å². The van der Waals surface area contributed by atoms with Gasteiger partial charge in [-0.1, -0.05) is 25.0 Å². The molecule has 6 nitrogen and oxygen atoms in total. The molecule has 6 heteroatoms. The number of nitrogens with zero attached hydrogens (tertiary/aromatic N) is 2. The van der Waals surface area contributed by atoms with E-state index in [-0.39, 0.29) is 11.8 Å². The molecule has 2 amide bonds. The van der Waals surface area contributed by atoms with Crippen molar-refractivity contribution in [1.82, 2.24) is 9.80 Å². The molecule has 2 fully saturated rings. The van der Waals surface area contributed by atoms with Crippen molar-refractivity contribution < 1.29 is 14.3 Å². The predicted molar refractivity (Wildman–Crippen MR) is 95.2 cm³/mol. The van der Waals surface area contributed by atoms with E-state index in [1.54, 1.807) is 7.11 Å². The Kier molecular flexibility index (Phi) is 5.27. The third kappa shape index (κ3) is 3.95. The zero-order valence-corrected chi connectivity index (χ0v) is 14.9. The lowest BCUT2D eigenvalue weighted by atomic mass is 9.97. The van der Waals surface area contributed by atoms with Gasteiger partial charge in [-0.2, -0.15) is 0 Å². The number of nitrogens with two attached hydrogens (primary N) is 1. The van der Waals surface area contributed by atoms with Crippen molar-refractivity contribution in [3.8, 4) is 5.75 Å². The van der Waals surface area contributed by atoms with Crippen molar-refractivity contribution in [3.63, 3.8) is 0 Å². The Bertz CT molecular complexity index is 633. The summed E-state index contributed by atoms with van der Waals surface area (Å²) in [6.45, 7) is 2.29. The lowest BCUT2D eigenvalue weighted by molar-refractivity contribution is -0.142. The summed E-state index contributed by atoms with van der Waals surface area (Å²) < 4.78 is 5.20. The maximum absolute atomic E-state index is 12.6. The summed E-state index contributed by atoms with van der Waals surface area (Å²) in [7, 11) is 1.62. The number of benzene rings is 1. The van der Waals surface area contributed by atoms with Gasteiger partial charge < -0.3 is 20.3 Å². The Balaban J connectivity index is 1.53. The first-order valence-corrected chi connectivity index (χ1v) is 9.01. The number of methoxy groups -OCH3 is 1. The number of amides is 2. The molecule has 0 spiro atoms. The number of ether oxygens (including phenoxy) is 1. The molecular formula is C19H27N3O3. The van der Waals surface area contributed by atoms with Crippen LogP contribution in [0.5, 0.6) is 5.75 Å². The summed E-state index contributed by atoms with van der Waals surface area (Å²) in [5.74, 6) is 0.902. The predicted octanol–water partition coefficient (Wildman–Crippen LogP) is 1.18. The standard InChI is InChI=1S/C19H27N3O3/c1-25-16-6-4-5-15(13-16)14-17(23)21-9-11-22(12-10-21)18(24)19(20)7-2-3-8-19/h4-6,13H,2-3,7-12,14,20H2,1H3. The molecule has 0 unspecified atom stereocenters. The smallest absolute Gasteiger partial charge is 0.242 e. The van der Waals surface area contributed by atoms with Gasteiger partial charge in [-0.15, -0.1) is 0 Å². The molecule has 1 aromatic rings. The fourth-order valence-corrected chi connectivity index (χ4v) is 3.76. The van der Waals surface area contributed by atoms with Crippen LogP contribution in [-0.4, -0.2) is 60.4 Å². The molecule has 1 aromatic carbocycles. The molecular weight excluding hydrogens is 318 g/mol. The highest BCUT2D eigenvalue weighted by atomic mass is 16.5. The lowest BCUT2D eigenvalue weighted by Crippen LogP contribution is -2.59. The first-order valence-electron chi connectivity index (χ1n) is 9.01. The van der Waals surface area contributed by atoms with Crippen LogP contribution in [0.1, 0.15) is 31.2 Å². The molecule has 2 aliphatic rings. The zero-order valence-electron chi connectivity index (χ0n) is 14.9. The van der Waals surface area contributed by atoms with Gasteiger partial charge in [0.1, 0.15) is 5.75 Å². The summed E-state index contributed by atoms with van der Waals surface area (Å²) in [6.07, 6.45) is 3.97. The maximum Gasteiger partial charge on any atom is 0.242 e. The Morgan fingerprint density at radius 3 is 2.40 bits per heavy atom. The van der Waals surface area contributed by atoms with Gasteiger partial charge in [0.05, 0.1) is 19.1 Å². The van der Waals surface area contributed by atoms with Crippen molar-refractivity contribution >= 4 is 11.8 Å². The summed E-state index contributed by atoms with van der Waals surface area (Å²) in [5, 5.41) is 0. The van der Waals surface area contributed by atoms with Crippen LogP contribution < -0.4 is 10.5 Å². The highest BCUT2D eigenvalue weighted by molar-refractivity contribution is 5.87. The first kappa shape index (κ1) is 17.7. The number of carbonyl (C=O) groups is 2. The summed E-state index contributed by atoms with van der Waals surface area (Å²) in [4.78, 5) is 28.8. The second kappa shape index (κ2) is 7.44. The molecule has 25 heavy (non-hydrogen) atoms. The normalized spacial score (nSPS) is 19.8. The molecule has 1 saturated heterocycles. The fourth-order valence-electron chi connectivity index (χ4n) is 3.76. The van der Waals surface area contributed by atoms with Gasteiger partial charge in [0.2, 0.25) is 11.8 Å². The van der Waals surface area contributed by atoms with Crippen LogP contribution >= 0.6 is 0 Å². The van der Waals surface area contributed by atoms with Crippen LogP contribution in [0.15, 0.2) is 24.3 Å².